The van der Waals surface area contributed by atoms with Gasteiger partial charge in [-0.1, -0.05) is 0 Å². The van der Waals surface area contributed by atoms with Crippen molar-refractivity contribution >= 4 is 5.91 Å². The van der Waals surface area contributed by atoms with Crippen molar-refractivity contribution in [2.45, 2.75) is 32.2 Å². The van der Waals surface area contributed by atoms with E-state index in [0.29, 0.717) is 13.1 Å². The molecule has 0 spiro atoms. The van der Waals surface area contributed by atoms with Crippen LogP contribution in [0, 0.1) is 12.8 Å². The van der Waals surface area contributed by atoms with E-state index in [1.54, 1.807) is 10.9 Å². The molecule has 1 atom stereocenters. The highest BCUT2D eigenvalue weighted by Gasteiger charge is 2.57. The number of hydrogen-bond donors (Lipinski definition) is 1. The first-order chi connectivity index (χ1) is 7.97. The normalized spacial score (nSPS) is 21.2. The maximum atomic E-state index is 12.6. The molecule has 0 radical (unpaired) electrons. The van der Waals surface area contributed by atoms with Crippen molar-refractivity contribution in [3.8, 4) is 0 Å². The second kappa shape index (κ2) is 4.43. The molecule has 0 saturated heterocycles. The molecule has 0 bridgehead atoms. The zero-order valence-electron chi connectivity index (χ0n) is 9.62. The molecule has 1 unspecified atom stereocenters. The SMILES string of the molecule is Cc1cnn(CCNC(=O)CC2CC2(F)F)c1. The predicted octanol–water partition coefficient (Wildman–Crippen LogP) is 1.35. The van der Waals surface area contributed by atoms with Crippen LogP contribution in [0.1, 0.15) is 18.4 Å². The third kappa shape index (κ3) is 3.25. The van der Waals surface area contributed by atoms with Crippen LogP contribution in [-0.4, -0.2) is 28.2 Å². The van der Waals surface area contributed by atoms with Gasteiger partial charge < -0.3 is 5.32 Å². The molecule has 94 valence electrons. The molecule has 1 aromatic heterocycles. The van der Waals surface area contributed by atoms with E-state index in [9.17, 15) is 13.6 Å². The number of aryl methyl sites for hydroxylation is 1. The van der Waals surface area contributed by atoms with Gasteiger partial charge in [-0.3, -0.25) is 9.48 Å². The number of halogens is 2. The summed E-state index contributed by atoms with van der Waals surface area (Å²) < 4.78 is 26.8. The number of hydrogen-bond acceptors (Lipinski definition) is 2. The molecule has 1 aliphatic rings. The Hall–Kier alpha value is -1.46. The minimum atomic E-state index is -2.61. The minimum absolute atomic E-state index is 0.0782. The molecule has 1 aliphatic carbocycles. The van der Waals surface area contributed by atoms with E-state index in [1.165, 1.54) is 0 Å². The van der Waals surface area contributed by atoms with E-state index in [2.05, 4.69) is 10.4 Å². The third-order valence-corrected chi connectivity index (χ3v) is 2.81. The number of rotatable bonds is 5. The summed E-state index contributed by atoms with van der Waals surface area (Å²) >= 11 is 0. The molecule has 0 aromatic carbocycles. The van der Waals surface area contributed by atoms with E-state index < -0.39 is 11.8 Å². The Labute approximate surface area is 98.0 Å². The molecule has 1 aromatic rings. The lowest BCUT2D eigenvalue weighted by Gasteiger charge is -2.04. The van der Waals surface area contributed by atoms with Crippen LogP contribution in [0.2, 0.25) is 0 Å². The van der Waals surface area contributed by atoms with Gasteiger partial charge >= 0.3 is 0 Å². The fourth-order valence-corrected chi connectivity index (χ4v) is 1.69. The number of amides is 1. The predicted molar refractivity (Wildman–Crippen MR) is 57.6 cm³/mol. The molecule has 4 nitrogen and oxygen atoms in total. The monoisotopic (exact) mass is 243 g/mol. The first-order valence-corrected chi connectivity index (χ1v) is 5.61. The first-order valence-electron chi connectivity index (χ1n) is 5.61. The molecule has 1 heterocycles. The van der Waals surface area contributed by atoms with Crippen molar-refractivity contribution in [2.75, 3.05) is 6.54 Å². The van der Waals surface area contributed by atoms with Gasteiger partial charge in [-0.05, 0) is 12.5 Å². The molecular formula is C11H15F2N3O. The Balaban J connectivity index is 1.64. The molecule has 6 heteroatoms. The zero-order valence-corrected chi connectivity index (χ0v) is 9.62. The maximum Gasteiger partial charge on any atom is 0.252 e. The molecule has 1 saturated carbocycles. The van der Waals surface area contributed by atoms with Crippen LogP contribution in [0.4, 0.5) is 8.78 Å². The third-order valence-electron chi connectivity index (χ3n) is 2.81. The van der Waals surface area contributed by atoms with Gasteiger partial charge in [0.1, 0.15) is 0 Å². The summed E-state index contributed by atoms with van der Waals surface area (Å²) in [5, 5.41) is 6.67. The van der Waals surface area contributed by atoms with Gasteiger partial charge in [-0.25, -0.2) is 8.78 Å². The minimum Gasteiger partial charge on any atom is -0.354 e. The van der Waals surface area contributed by atoms with E-state index in [-0.39, 0.29) is 18.7 Å². The van der Waals surface area contributed by atoms with Gasteiger partial charge in [-0.15, -0.1) is 0 Å². The van der Waals surface area contributed by atoms with Gasteiger partial charge in [0.2, 0.25) is 5.91 Å². The molecular weight excluding hydrogens is 228 g/mol. The number of alkyl halides is 2. The van der Waals surface area contributed by atoms with Crippen LogP contribution in [0.5, 0.6) is 0 Å². The number of aromatic nitrogens is 2. The number of carbonyl (C=O) groups excluding carboxylic acids is 1. The average Bonchev–Trinajstić information content (AvgIpc) is 2.64. The van der Waals surface area contributed by atoms with Crippen LogP contribution >= 0.6 is 0 Å². The maximum absolute atomic E-state index is 12.6. The Morgan fingerprint density at radius 2 is 2.41 bits per heavy atom. The average molecular weight is 243 g/mol. The molecule has 1 N–H and O–H groups in total. The number of carbonyl (C=O) groups is 1. The summed E-state index contributed by atoms with van der Waals surface area (Å²) in [6.07, 6.45) is 3.36. The van der Waals surface area contributed by atoms with Crippen molar-refractivity contribution in [2.24, 2.45) is 5.92 Å². The van der Waals surface area contributed by atoms with Gasteiger partial charge in [0.05, 0.1) is 12.7 Å². The summed E-state index contributed by atoms with van der Waals surface area (Å²) in [7, 11) is 0. The van der Waals surface area contributed by atoms with Gasteiger partial charge in [0.15, 0.2) is 0 Å². The number of nitrogens with zero attached hydrogens (tertiary/aromatic N) is 2. The lowest BCUT2D eigenvalue weighted by atomic mass is 10.3. The van der Waals surface area contributed by atoms with Gasteiger partial charge in [0.25, 0.3) is 5.92 Å². The Bertz CT molecular complexity index is 417. The fraction of sp³-hybridized carbons (Fsp3) is 0.636. The molecule has 2 rings (SSSR count). The van der Waals surface area contributed by atoms with Crippen LogP contribution in [0.3, 0.4) is 0 Å². The standard InChI is InChI=1S/C11H15F2N3O/c1-8-6-15-16(7-8)3-2-14-10(17)4-9-5-11(9,12)13/h6-7,9H,2-5H2,1H3,(H,14,17). The largest absolute Gasteiger partial charge is 0.354 e. The second-order valence-electron chi connectivity index (χ2n) is 4.50. The molecule has 1 amide bonds. The second-order valence-corrected chi connectivity index (χ2v) is 4.50. The highest BCUT2D eigenvalue weighted by molar-refractivity contribution is 5.76. The van der Waals surface area contributed by atoms with E-state index in [1.807, 2.05) is 13.1 Å². The summed E-state index contributed by atoms with van der Waals surface area (Å²) in [4.78, 5) is 11.3. The highest BCUT2D eigenvalue weighted by atomic mass is 19.3. The zero-order chi connectivity index (χ0) is 12.5. The van der Waals surface area contributed by atoms with Crippen molar-refractivity contribution in [3.63, 3.8) is 0 Å². The van der Waals surface area contributed by atoms with Crippen molar-refractivity contribution in [1.29, 1.82) is 0 Å². The quantitative estimate of drug-likeness (QED) is 0.848. The van der Waals surface area contributed by atoms with Crippen LogP contribution in [-0.2, 0) is 11.3 Å². The lowest BCUT2D eigenvalue weighted by molar-refractivity contribution is -0.122. The Morgan fingerprint density at radius 1 is 1.71 bits per heavy atom. The highest BCUT2D eigenvalue weighted by Crippen LogP contribution is 2.50. The van der Waals surface area contributed by atoms with E-state index in [0.717, 1.165) is 5.56 Å². The molecule has 0 aliphatic heterocycles. The topological polar surface area (TPSA) is 46.9 Å². The summed E-state index contributed by atoms with van der Waals surface area (Å²) in [6.45, 7) is 2.90. The van der Waals surface area contributed by atoms with Gasteiger partial charge in [-0.2, -0.15) is 5.10 Å². The van der Waals surface area contributed by atoms with E-state index >= 15 is 0 Å². The van der Waals surface area contributed by atoms with E-state index in [4.69, 9.17) is 0 Å². The summed E-state index contributed by atoms with van der Waals surface area (Å²) in [5.41, 5.74) is 1.05. The number of nitrogens with one attached hydrogen (secondary N) is 1. The molecule has 1 fully saturated rings. The Morgan fingerprint density at radius 3 is 2.94 bits per heavy atom. The summed E-state index contributed by atoms with van der Waals surface area (Å²) in [6, 6.07) is 0. The molecule has 17 heavy (non-hydrogen) atoms. The van der Waals surface area contributed by atoms with Crippen molar-refractivity contribution in [1.82, 2.24) is 15.1 Å². The fourth-order valence-electron chi connectivity index (χ4n) is 1.69. The first kappa shape index (κ1) is 12.0. The van der Waals surface area contributed by atoms with Crippen LogP contribution in [0.15, 0.2) is 12.4 Å². The van der Waals surface area contributed by atoms with Crippen LogP contribution in [0.25, 0.3) is 0 Å². The van der Waals surface area contributed by atoms with Crippen molar-refractivity contribution in [3.05, 3.63) is 18.0 Å². The van der Waals surface area contributed by atoms with Gasteiger partial charge in [0, 0.05) is 31.5 Å². The van der Waals surface area contributed by atoms with Crippen LogP contribution < -0.4 is 5.32 Å². The summed E-state index contributed by atoms with van der Waals surface area (Å²) in [5.74, 6) is -3.68. The smallest absolute Gasteiger partial charge is 0.252 e. The lowest BCUT2D eigenvalue weighted by Crippen LogP contribution is -2.28. The Kier molecular flexibility index (Phi) is 3.13. The van der Waals surface area contributed by atoms with Crippen molar-refractivity contribution < 1.29 is 13.6 Å².